The van der Waals surface area contributed by atoms with Gasteiger partial charge in [0.05, 0.1) is 6.04 Å². The first-order valence-corrected chi connectivity index (χ1v) is 4.76. The van der Waals surface area contributed by atoms with Gasteiger partial charge in [-0.3, -0.25) is 0 Å². The lowest BCUT2D eigenvalue weighted by atomic mass is 9.97. The Bertz CT molecular complexity index is 457. The Labute approximate surface area is 82.0 Å². The topological polar surface area (TPSA) is 29.4 Å². The second-order valence-electron chi connectivity index (χ2n) is 3.80. The lowest BCUT2D eigenvalue weighted by Gasteiger charge is -2.07. The second kappa shape index (κ2) is 2.66. The highest BCUT2D eigenvalue weighted by Crippen LogP contribution is 2.54. The predicted octanol–water partition coefficient (Wildman–Crippen LogP) is 2.13. The summed E-state index contributed by atoms with van der Waals surface area (Å²) in [4.78, 5) is 14.0. The fourth-order valence-corrected chi connectivity index (χ4v) is 2.35. The SMILES string of the molecule is O=C=N[C@H]1[C@@H]2C=Cc3ccccc3[C@@H]21. The average molecular weight is 183 g/mol. The zero-order valence-electron chi connectivity index (χ0n) is 7.55. The Balaban J connectivity index is 2.06. The molecular formula is C12H9NO. The van der Waals surface area contributed by atoms with Gasteiger partial charge in [-0.05, 0) is 11.1 Å². The molecule has 3 rings (SSSR count). The molecule has 1 fully saturated rings. The molecule has 0 saturated heterocycles. The van der Waals surface area contributed by atoms with E-state index in [-0.39, 0.29) is 6.04 Å². The maximum Gasteiger partial charge on any atom is 0.235 e. The quantitative estimate of drug-likeness (QED) is 0.484. The third-order valence-corrected chi connectivity index (χ3v) is 3.09. The van der Waals surface area contributed by atoms with Gasteiger partial charge in [0.25, 0.3) is 0 Å². The molecule has 0 heterocycles. The average Bonchev–Trinajstić information content (AvgIpc) is 2.93. The van der Waals surface area contributed by atoms with E-state index in [1.54, 1.807) is 6.08 Å². The summed E-state index contributed by atoms with van der Waals surface area (Å²) in [5, 5.41) is 0. The molecule has 3 atom stereocenters. The van der Waals surface area contributed by atoms with Gasteiger partial charge < -0.3 is 0 Å². The molecule has 68 valence electrons. The van der Waals surface area contributed by atoms with Crippen LogP contribution in [0.25, 0.3) is 6.08 Å². The molecule has 1 aromatic rings. The maximum absolute atomic E-state index is 10.2. The van der Waals surface area contributed by atoms with E-state index in [0.29, 0.717) is 11.8 Å². The van der Waals surface area contributed by atoms with Crippen molar-refractivity contribution in [3.05, 3.63) is 41.5 Å². The third kappa shape index (κ3) is 0.918. The molecule has 0 radical (unpaired) electrons. The number of hydrogen-bond acceptors (Lipinski definition) is 2. The van der Waals surface area contributed by atoms with Crippen LogP contribution in [0.4, 0.5) is 0 Å². The summed E-state index contributed by atoms with van der Waals surface area (Å²) >= 11 is 0. The minimum atomic E-state index is 0.146. The van der Waals surface area contributed by atoms with E-state index >= 15 is 0 Å². The highest BCUT2D eigenvalue weighted by molar-refractivity contribution is 5.63. The molecule has 0 bridgehead atoms. The Hall–Kier alpha value is -1.66. The zero-order chi connectivity index (χ0) is 9.54. The van der Waals surface area contributed by atoms with Crippen molar-refractivity contribution in [2.24, 2.45) is 10.9 Å². The molecule has 1 aromatic carbocycles. The highest BCUT2D eigenvalue weighted by atomic mass is 16.1. The van der Waals surface area contributed by atoms with Crippen LogP contribution < -0.4 is 0 Å². The van der Waals surface area contributed by atoms with Crippen molar-refractivity contribution in [2.45, 2.75) is 12.0 Å². The van der Waals surface area contributed by atoms with E-state index in [1.807, 2.05) is 12.1 Å². The molecule has 2 aliphatic rings. The number of hydrogen-bond donors (Lipinski definition) is 0. The van der Waals surface area contributed by atoms with E-state index in [4.69, 9.17) is 0 Å². The number of benzene rings is 1. The number of nitrogens with zero attached hydrogens (tertiary/aromatic N) is 1. The number of rotatable bonds is 1. The van der Waals surface area contributed by atoms with Gasteiger partial charge in [-0.2, -0.15) is 0 Å². The molecule has 2 aliphatic carbocycles. The van der Waals surface area contributed by atoms with Crippen LogP contribution in [0.3, 0.4) is 0 Å². The van der Waals surface area contributed by atoms with Gasteiger partial charge >= 0.3 is 0 Å². The standard InChI is InChI=1S/C12H9NO/c14-7-13-12-10-6-5-8-3-1-2-4-9(8)11(10)12/h1-6,10-12H/t10-,11+,12+/m1/s1. The summed E-state index contributed by atoms with van der Waals surface area (Å²) in [6, 6.07) is 8.44. The summed E-state index contributed by atoms with van der Waals surface area (Å²) in [5.74, 6) is 0.865. The molecule has 0 aliphatic heterocycles. The minimum Gasteiger partial charge on any atom is -0.211 e. The fraction of sp³-hybridized carbons (Fsp3) is 0.250. The lowest BCUT2D eigenvalue weighted by Crippen LogP contribution is -1.91. The molecule has 0 amide bonds. The minimum absolute atomic E-state index is 0.146. The van der Waals surface area contributed by atoms with Gasteiger partial charge in [-0.1, -0.05) is 36.4 Å². The molecule has 0 N–H and O–H groups in total. The van der Waals surface area contributed by atoms with E-state index in [1.165, 1.54) is 11.1 Å². The molecule has 0 spiro atoms. The zero-order valence-corrected chi connectivity index (χ0v) is 7.55. The first kappa shape index (κ1) is 7.72. The molecule has 1 saturated carbocycles. The van der Waals surface area contributed by atoms with Crippen LogP contribution >= 0.6 is 0 Å². The van der Waals surface area contributed by atoms with Crippen LogP contribution in [-0.2, 0) is 4.79 Å². The van der Waals surface area contributed by atoms with Crippen molar-refractivity contribution in [3.63, 3.8) is 0 Å². The largest absolute Gasteiger partial charge is 0.235 e. The van der Waals surface area contributed by atoms with Crippen molar-refractivity contribution in [2.75, 3.05) is 0 Å². The van der Waals surface area contributed by atoms with Gasteiger partial charge in [0.15, 0.2) is 0 Å². The molecule has 2 heteroatoms. The van der Waals surface area contributed by atoms with Crippen LogP contribution in [0, 0.1) is 5.92 Å². The summed E-state index contributed by atoms with van der Waals surface area (Å²) < 4.78 is 0. The van der Waals surface area contributed by atoms with Gasteiger partial charge in [-0.15, -0.1) is 0 Å². The Kier molecular flexibility index (Phi) is 1.47. The molecule has 2 nitrogen and oxygen atoms in total. The molecule has 0 unspecified atom stereocenters. The molecular weight excluding hydrogens is 174 g/mol. The summed E-state index contributed by atoms with van der Waals surface area (Å²) in [6.07, 6.45) is 5.93. The highest BCUT2D eigenvalue weighted by Gasteiger charge is 2.51. The van der Waals surface area contributed by atoms with Gasteiger partial charge in [0, 0.05) is 11.8 Å². The monoisotopic (exact) mass is 183 g/mol. The maximum atomic E-state index is 10.2. The summed E-state index contributed by atoms with van der Waals surface area (Å²) in [5.41, 5.74) is 2.58. The summed E-state index contributed by atoms with van der Waals surface area (Å²) in [6.45, 7) is 0. The van der Waals surface area contributed by atoms with E-state index in [2.05, 4.69) is 29.3 Å². The third-order valence-electron chi connectivity index (χ3n) is 3.09. The number of isocyanates is 1. The van der Waals surface area contributed by atoms with E-state index in [0.717, 1.165) is 0 Å². The Morgan fingerprint density at radius 2 is 2.14 bits per heavy atom. The summed E-state index contributed by atoms with van der Waals surface area (Å²) in [7, 11) is 0. The van der Waals surface area contributed by atoms with Crippen molar-refractivity contribution in [1.29, 1.82) is 0 Å². The van der Waals surface area contributed by atoms with Gasteiger partial charge in [0.2, 0.25) is 6.08 Å². The molecule has 14 heavy (non-hydrogen) atoms. The Morgan fingerprint density at radius 3 is 3.00 bits per heavy atom. The van der Waals surface area contributed by atoms with Crippen molar-refractivity contribution >= 4 is 12.2 Å². The fourth-order valence-electron chi connectivity index (χ4n) is 2.35. The Morgan fingerprint density at radius 1 is 1.29 bits per heavy atom. The first-order chi connectivity index (χ1) is 6.92. The number of carbonyl (C=O) groups excluding carboxylic acids is 1. The van der Waals surface area contributed by atoms with Crippen LogP contribution in [0.1, 0.15) is 17.0 Å². The van der Waals surface area contributed by atoms with Crippen molar-refractivity contribution in [3.8, 4) is 0 Å². The van der Waals surface area contributed by atoms with Gasteiger partial charge in [-0.25, -0.2) is 9.79 Å². The lowest BCUT2D eigenvalue weighted by molar-refractivity contribution is 0.562. The smallest absolute Gasteiger partial charge is 0.211 e. The van der Waals surface area contributed by atoms with Crippen LogP contribution in [0.2, 0.25) is 0 Å². The van der Waals surface area contributed by atoms with Crippen LogP contribution in [-0.4, -0.2) is 12.1 Å². The van der Waals surface area contributed by atoms with Crippen molar-refractivity contribution < 1.29 is 4.79 Å². The van der Waals surface area contributed by atoms with Crippen LogP contribution in [0.15, 0.2) is 35.3 Å². The van der Waals surface area contributed by atoms with Crippen LogP contribution in [0.5, 0.6) is 0 Å². The van der Waals surface area contributed by atoms with E-state index in [9.17, 15) is 4.79 Å². The normalized spacial score (nSPS) is 31.3. The second-order valence-corrected chi connectivity index (χ2v) is 3.80. The predicted molar refractivity (Wildman–Crippen MR) is 53.6 cm³/mol. The first-order valence-electron chi connectivity index (χ1n) is 4.76. The van der Waals surface area contributed by atoms with Crippen molar-refractivity contribution in [1.82, 2.24) is 0 Å². The number of aliphatic imine (C=N–C) groups is 1. The number of fused-ring (bicyclic) bond motifs is 3. The van der Waals surface area contributed by atoms with Gasteiger partial charge in [0.1, 0.15) is 0 Å². The van der Waals surface area contributed by atoms with E-state index < -0.39 is 0 Å². The molecule has 0 aromatic heterocycles.